The molecule has 0 atom stereocenters. The van der Waals surface area contributed by atoms with E-state index in [4.69, 9.17) is 5.73 Å². The first-order chi connectivity index (χ1) is 4.79. The number of nitrogens with one attached hydrogen (secondary N) is 1. The molecule has 0 amide bonds. The molecular formula is C5H6N4S. The van der Waals surface area contributed by atoms with Crippen LogP contribution >= 0.6 is 12.2 Å². The Labute approximate surface area is 63.5 Å². The standard InChI is InChI=1S/C5H6N4S/c6-5(10)9-4-1-2-7-3-8-4/h1-3H,(H3,6,7,8,9,10). The fourth-order valence-corrected chi connectivity index (χ4v) is 0.595. The van der Waals surface area contributed by atoms with Crippen LogP contribution in [-0.4, -0.2) is 15.1 Å². The van der Waals surface area contributed by atoms with E-state index in [1.807, 2.05) is 0 Å². The van der Waals surface area contributed by atoms with Crippen molar-refractivity contribution in [3.05, 3.63) is 18.6 Å². The van der Waals surface area contributed by atoms with Crippen molar-refractivity contribution in [1.82, 2.24) is 9.97 Å². The predicted octanol–water partition coefficient (Wildman–Crippen LogP) is 0.132. The molecule has 0 saturated carbocycles. The lowest BCUT2D eigenvalue weighted by Gasteiger charge is -1.98. The summed E-state index contributed by atoms with van der Waals surface area (Å²) in [5.74, 6) is 0.613. The van der Waals surface area contributed by atoms with Gasteiger partial charge in [0.1, 0.15) is 12.1 Å². The van der Waals surface area contributed by atoms with Crippen LogP contribution in [0.4, 0.5) is 5.82 Å². The summed E-state index contributed by atoms with van der Waals surface area (Å²) < 4.78 is 0. The van der Waals surface area contributed by atoms with Crippen molar-refractivity contribution in [3.8, 4) is 0 Å². The number of anilines is 1. The second kappa shape index (κ2) is 3.07. The average Bonchev–Trinajstić information content (AvgIpc) is 1.88. The maximum atomic E-state index is 5.18. The van der Waals surface area contributed by atoms with E-state index in [9.17, 15) is 0 Å². The Morgan fingerprint density at radius 1 is 1.70 bits per heavy atom. The molecule has 0 aliphatic heterocycles. The molecule has 52 valence electrons. The molecule has 4 nitrogen and oxygen atoms in total. The van der Waals surface area contributed by atoms with Crippen molar-refractivity contribution < 1.29 is 0 Å². The highest BCUT2D eigenvalue weighted by Gasteiger charge is 1.89. The number of hydrogen-bond acceptors (Lipinski definition) is 3. The van der Waals surface area contributed by atoms with Gasteiger partial charge in [-0.1, -0.05) is 0 Å². The van der Waals surface area contributed by atoms with Crippen LogP contribution in [0.3, 0.4) is 0 Å². The van der Waals surface area contributed by atoms with E-state index >= 15 is 0 Å². The monoisotopic (exact) mass is 154 g/mol. The lowest BCUT2D eigenvalue weighted by Crippen LogP contribution is -2.19. The van der Waals surface area contributed by atoms with Gasteiger partial charge in [-0.3, -0.25) is 0 Å². The Morgan fingerprint density at radius 2 is 2.50 bits per heavy atom. The topological polar surface area (TPSA) is 63.8 Å². The molecule has 0 spiro atoms. The van der Waals surface area contributed by atoms with Gasteiger partial charge in [-0.15, -0.1) is 0 Å². The molecule has 0 unspecified atom stereocenters. The fraction of sp³-hybridized carbons (Fsp3) is 0. The summed E-state index contributed by atoms with van der Waals surface area (Å²) in [6.07, 6.45) is 3.02. The minimum atomic E-state index is 0.207. The van der Waals surface area contributed by atoms with Gasteiger partial charge in [-0.2, -0.15) is 0 Å². The van der Waals surface area contributed by atoms with E-state index in [2.05, 4.69) is 27.5 Å². The van der Waals surface area contributed by atoms with Crippen LogP contribution in [0, 0.1) is 0 Å². The molecule has 0 saturated heterocycles. The Morgan fingerprint density at radius 3 is 3.00 bits per heavy atom. The van der Waals surface area contributed by atoms with E-state index < -0.39 is 0 Å². The molecule has 0 fully saturated rings. The summed E-state index contributed by atoms with van der Waals surface area (Å²) in [6.45, 7) is 0. The molecule has 0 aromatic carbocycles. The van der Waals surface area contributed by atoms with E-state index in [-0.39, 0.29) is 5.11 Å². The summed E-state index contributed by atoms with van der Waals surface area (Å²) >= 11 is 4.58. The van der Waals surface area contributed by atoms with Crippen molar-refractivity contribution in [3.63, 3.8) is 0 Å². The predicted molar refractivity (Wildman–Crippen MR) is 42.4 cm³/mol. The molecule has 1 aromatic heterocycles. The SMILES string of the molecule is NC(=S)Nc1ccncn1. The van der Waals surface area contributed by atoms with Gasteiger partial charge in [0.25, 0.3) is 0 Å². The fourth-order valence-electron chi connectivity index (χ4n) is 0.491. The molecule has 10 heavy (non-hydrogen) atoms. The molecule has 0 aliphatic carbocycles. The van der Waals surface area contributed by atoms with Crippen LogP contribution in [0.1, 0.15) is 0 Å². The molecule has 1 aromatic rings. The van der Waals surface area contributed by atoms with Gasteiger partial charge in [0.2, 0.25) is 0 Å². The van der Waals surface area contributed by atoms with Gasteiger partial charge in [-0.05, 0) is 18.3 Å². The third-order valence-corrected chi connectivity index (χ3v) is 0.935. The maximum Gasteiger partial charge on any atom is 0.169 e. The zero-order valence-corrected chi connectivity index (χ0v) is 5.93. The Balaban J connectivity index is 2.67. The molecule has 0 aliphatic rings. The molecule has 3 N–H and O–H groups in total. The summed E-state index contributed by atoms with van der Waals surface area (Å²) in [4.78, 5) is 7.55. The first kappa shape index (κ1) is 6.88. The van der Waals surface area contributed by atoms with Crippen LogP contribution < -0.4 is 11.1 Å². The van der Waals surface area contributed by atoms with Gasteiger partial charge in [0.05, 0.1) is 0 Å². The molecular weight excluding hydrogens is 148 g/mol. The number of nitrogens with zero attached hydrogens (tertiary/aromatic N) is 2. The van der Waals surface area contributed by atoms with E-state index in [0.29, 0.717) is 5.82 Å². The van der Waals surface area contributed by atoms with Crippen LogP contribution in [0.2, 0.25) is 0 Å². The molecule has 0 radical (unpaired) electrons. The minimum Gasteiger partial charge on any atom is -0.376 e. The van der Waals surface area contributed by atoms with Gasteiger partial charge in [0, 0.05) is 6.20 Å². The normalized spacial score (nSPS) is 8.80. The van der Waals surface area contributed by atoms with Crippen LogP contribution in [0.5, 0.6) is 0 Å². The Bertz CT molecular complexity index is 222. The molecule has 1 rings (SSSR count). The van der Waals surface area contributed by atoms with Crippen molar-refractivity contribution in [2.45, 2.75) is 0 Å². The zero-order chi connectivity index (χ0) is 7.40. The lowest BCUT2D eigenvalue weighted by atomic mass is 10.6. The van der Waals surface area contributed by atoms with Crippen LogP contribution in [-0.2, 0) is 0 Å². The average molecular weight is 154 g/mol. The lowest BCUT2D eigenvalue weighted by molar-refractivity contribution is 1.17. The highest BCUT2D eigenvalue weighted by atomic mass is 32.1. The molecule has 0 bridgehead atoms. The highest BCUT2D eigenvalue weighted by molar-refractivity contribution is 7.80. The summed E-state index contributed by atoms with van der Waals surface area (Å²) in [7, 11) is 0. The third-order valence-electron chi connectivity index (χ3n) is 0.833. The smallest absolute Gasteiger partial charge is 0.169 e. The van der Waals surface area contributed by atoms with Crippen molar-refractivity contribution in [2.24, 2.45) is 5.73 Å². The number of rotatable bonds is 1. The van der Waals surface area contributed by atoms with E-state index in [0.717, 1.165) is 0 Å². The van der Waals surface area contributed by atoms with Crippen molar-refractivity contribution in [1.29, 1.82) is 0 Å². The highest BCUT2D eigenvalue weighted by Crippen LogP contribution is 1.95. The number of nitrogens with two attached hydrogens (primary N) is 1. The summed E-state index contributed by atoms with van der Waals surface area (Å²) in [5.41, 5.74) is 5.18. The van der Waals surface area contributed by atoms with E-state index in [1.54, 1.807) is 12.3 Å². The number of thiocarbonyl (C=S) groups is 1. The van der Waals surface area contributed by atoms with Crippen molar-refractivity contribution in [2.75, 3.05) is 5.32 Å². The molecule has 5 heteroatoms. The van der Waals surface area contributed by atoms with Crippen LogP contribution in [0.25, 0.3) is 0 Å². The van der Waals surface area contributed by atoms with Gasteiger partial charge in [-0.25, -0.2) is 9.97 Å². The second-order valence-corrected chi connectivity index (χ2v) is 2.02. The number of aromatic nitrogens is 2. The maximum absolute atomic E-state index is 5.18. The van der Waals surface area contributed by atoms with E-state index in [1.165, 1.54) is 6.33 Å². The third kappa shape index (κ3) is 1.94. The minimum absolute atomic E-state index is 0.207. The quantitative estimate of drug-likeness (QED) is 0.563. The van der Waals surface area contributed by atoms with Gasteiger partial charge in [0.15, 0.2) is 5.11 Å². The van der Waals surface area contributed by atoms with Crippen LogP contribution in [0.15, 0.2) is 18.6 Å². The second-order valence-electron chi connectivity index (χ2n) is 1.58. The summed E-state index contributed by atoms with van der Waals surface area (Å²) in [5, 5.41) is 2.87. The largest absolute Gasteiger partial charge is 0.376 e. The first-order valence-corrected chi connectivity index (χ1v) is 3.02. The number of hydrogen-bond donors (Lipinski definition) is 2. The Hall–Kier alpha value is -1.23. The first-order valence-electron chi connectivity index (χ1n) is 2.61. The Kier molecular flexibility index (Phi) is 2.11. The van der Waals surface area contributed by atoms with Crippen molar-refractivity contribution >= 4 is 23.1 Å². The van der Waals surface area contributed by atoms with Gasteiger partial charge >= 0.3 is 0 Å². The summed E-state index contributed by atoms with van der Waals surface area (Å²) in [6, 6.07) is 1.68. The zero-order valence-electron chi connectivity index (χ0n) is 5.11. The van der Waals surface area contributed by atoms with Gasteiger partial charge < -0.3 is 11.1 Å². The molecule has 1 heterocycles.